The molecular weight excluding hydrogens is 232 g/mol. The zero-order chi connectivity index (χ0) is 13.1. The second-order valence-electron chi connectivity index (χ2n) is 4.82. The molecular formula is C12H18N4O2. The van der Waals surface area contributed by atoms with Gasteiger partial charge >= 0.3 is 5.97 Å². The van der Waals surface area contributed by atoms with Crippen LogP contribution in [0.25, 0.3) is 0 Å². The maximum atomic E-state index is 10.9. The number of aromatic nitrogens is 2. The van der Waals surface area contributed by atoms with Gasteiger partial charge in [-0.2, -0.15) is 0 Å². The minimum atomic E-state index is -1.03. The minimum absolute atomic E-state index is 0.00278. The van der Waals surface area contributed by atoms with Crippen LogP contribution in [0.3, 0.4) is 0 Å². The molecule has 0 amide bonds. The van der Waals surface area contributed by atoms with Gasteiger partial charge in [-0.25, -0.2) is 9.78 Å². The third kappa shape index (κ3) is 2.76. The number of nitrogens with zero attached hydrogens (tertiary/aromatic N) is 4. The molecule has 1 unspecified atom stereocenters. The molecule has 0 spiro atoms. The highest BCUT2D eigenvalue weighted by molar-refractivity contribution is 5.85. The van der Waals surface area contributed by atoms with Gasteiger partial charge in [-0.3, -0.25) is 4.98 Å². The summed E-state index contributed by atoms with van der Waals surface area (Å²) in [6.45, 7) is 1.86. The van der Waals surface area contributed by atoms with Gasteiger partial charge in [-0.15, -0.1) is 0 Å². The van der Waals surface area contributed by atoms with Crippen molar-refractivity contribution in [2.75, 3.05) is 32.1 Å². The Kier molecular flexibility index (Phi) is 3.76. The SMILES string of the molecule is CN(C)CC1CCCN1c1cncc(C(=O)O)n1. The zero-order valence-electron chi connectivity index (χ0n) is 10.7. The first-order valence-corrected chi connectivity index (χ1v) is 6.04. The Bertz CT molecular complexity index is 436. The van der Waals surface area contributed by atoms with Crippen LogP contribution >= 0.6 is 0 Å². The predicted octanol–water partition coefficient (Wildman–Crippen LogP) is 0.705. The average molecular weight is 250 g/mol. The quantitative estimate of drug-likeness (QED) is 0.848. The van der Waals surface area contributed by atoms with Crippen LogP contribution in [0.4, 0.5) is 5.82 Å². The summed E-state index contributed by atoms with van der Waals surface area (Å²) >= 11 is 0. The number of anilines is 1. The smallest absolute Gasteiger partial charge is 0.356 e. The van der Waals surface area contributed by atoms with Gasteiger partial charge < -0.3 is 14.9 Å². The Balaban J connectivity index is 2.19. The fraction of sp³-hybridized carbons (Fsp3) is 0.583. The van der Waals surface area contributed by atoms with Gasteiger partial charge in [0.1, 0.15) is 5.82 Å². The van der Waals surface area contributed by atoms with E-state index in [0.717, 1.165) is 25.9 Å². The van der Waals surface area contributed by atoms with Gasteiger partial charge in [0.05, 0.1) is 12.4 Å². The maximum Gasteiger partial charge on any atom is 0.356 e. The maximum absolute atomic E-state index is 10.9. The Hall–Kier alpha value is -1.69. The van der Waals surface area contributed by atoms with E-state index in [1.165, 1.54) is 6.20 Å². The lowest BCUT2D eigenvalue weighted by Crippen LogP contribution is -2.38. The van der Waals surface area contributed by atoms with E-state index >= 15 is 0 Å². The molecule has 1 aromatic heterocycles. The predicted molar refractivity (Wildman–Crippen MR) is 67.9 cm³/mol. The van der Waals surface area contributed by atoms with Gasteiger partial charge in [-0.1, -0.05) is 0 Å². The zero-order valence-corrected chi connectivity index (χ0v) is 10.7. The van der Waals surface area contributed by atoms with Crippen molar-refractivity contribution in [2.45, 2.75) is 18.9 Å². The molecule has 98 valence electrons. The second-order valence-corrected chi connectivity index (χ2v) is 4.82. The lowest BCUT2D eigenvalue weighted by atomic mass is 10.2. The summed E-state index contributed by atoms with van der Waals surface area (Å²) in [5.41, 5.74) is 0.00278. The molecule has 2 rings (SSSR count). The second kappa shape index (κ2) is 5.30. The van der Waals surface area contributed by atoms with Crippen LogP contribution in [0.15, 0.2) is 12.4 Å². The molecule has 1 N–H and O–H groups in total. The number of carboxylic acid groups (broad SMARTS) is 1. The molecule has 18 heavy (non-hydrogen) atoms. The number of likely N-dealkylation sites (N-methyl/N-ethyl adjacent to an activating group) is 1. The molecule has 6 heteroatoms. The van der Waals surface area contributed by atoms with Crippen LogP contribution in [0.1, 0.15) is 23.3 Å². The fourth-order valence-electron chi connectivity index (χ4n) is 2.35. The molecule has 0 saturated carbocycles. The molecule has 0 radical (unpaired) electrons. The summed E-state index contributed by atoms with van der Waals surface area (Å²) in [4.78, 5) is 23.3. The van der Waals surface area contributed by atoms with E-state index in [4.69, 9.17) is 5.11 Å². The van der Waals surface area contributed by atoms with Crippen molar-refractivity contribution in [1.82, 2.24) is 14.9 Å². The monoisotopic (exact) mass is 250 g/mol. The number of carbonyl (C=O) groups is 1. The summed E-state index contributed by atoms with van der Waals surface area (Å²) in [5.74, 6) is -0.369. The van der Waals surface area contributed by atoms with Crippen LogP contribution < -0.4 is 4.90 Å². The first kappa shape index (κ1) is 12.8. The van der Waals surface area contributed by atoms with E-state index in [0.29, 0.717) is 11.9 Å². The number of hydrogen-bond donors (Lipinski definition) is 1. The third-order valence-corrected chi connectivity index (χ3v) is 3.09. The van der Waals surface area contributed by atoms with Crippen LogP contribution in [-0.4, -0.2) is 59.2 Å². The number of aromatic carboxylic acids is 1. The lowest BCUT2D eigenvalue weighted by molar-refractivity contribution is 0.0690. The summed E-state index contributed by atoms with van der Waals surface area (Å²) in [6, 6.07) is 0.387. The van der Waals surface area contributed by atoms with E-state index in [9.17, 15) is 4.79 Å². The Morgan fingerprint density at radius 1 is 1.56 bits per heavy atom. The first-order chi connectivity index (χ1) is 8.58. The Morgan fingerprint density at radius 2 is 2.33 bits per heavy atom. The van der Waals surface area contributed by atoms with Gasteiger partial charge in [0.25, 0.3) is 0 Å². The Morgan fingerprint density at radius 3 is 3.00 bits per heavy atom. The molecule has 1 aromatic rings. The topological polar surface area (TPSA) is 69.6 Å². The number of carboxylic acids is 1. The van der Waals surface area contributed by atoms with Crippen molar-refractivity contribution in [2.24, 2.45) is 0 Å². The largest absolute Gasteiger partial charge is 0.476 e. The molecule has 1 atom stereocenters. The molecule has 0 bridgehead atoms. The van der Waals surface area contributed by atoms with Crippen molar-refractivity contribution in [3.8, 4) is 0 Å². The molecule has 6 nitrogen and oxygen atoms in total. The molecule has 2 heterocycles. The third-order valence-electron chi connectivity index (χ3n) is 3.09. The van der Waals surface area contributed by atoms with E-state index in [1.807, 2.05) is 14.1 Å². The summed E-state index contributed by atoms with van der Waals surface area (Å²) in [6.07, 6.45) is 5.14. The van der Waals surface area contributed by atoms with E-state index < -0.39 is 5.97 Å². The van der Waals surface area contributed by atoms with Crippen LogP contribution in [0, 0.1) is 0 Å². The molecule has 1 fully saturated rings. The van der Waals surface area contributed by atoms with E-state index in [2.05, 4.69) is 19.8 Å². The van der Waals surface area contributed by atoms with Gasteiger partial charge in [0.15, 0.2) is 5.69 Å². The number of hydrogen-bond acceptors (Lipinski definition) is 5. The van der Waals surface area contributed by atoms with Crippen molar-refractivity contribution < 1.29 is 9.90 Å². The summed E-state index contributed by atoms with van der Waals surface area (Å²) in [7, 11) is 4.08. The van der Waals surface area contributed by atoms with Crippen LogP contribution in [0.2, 0.25) is 0 Å². The van der Waals surface area contributed by atoms with Crippen molar-refractivity contribution in [1.29, 1.82) is 0 Å². The lowest BCUT2D eigenvalue weighted by Gasteiger charge is -2.27. The highest BCUT2D eigenvalue weighted by Gasteiger charge is 2.26. The van der Waals surface area contributed by atoms with Crippen LogP contribution in [-0.2, 0) is 0 Å². The van der Waals surface area contributed by atoms with E-state index in [-0.39, 0.29) is 5.69 Å². The minimum Gasteiger partial charge on any atom is -0.476 e. The molecule has 0 aromatic carbocycles. The Labute approximate surface area is 106 Å². The molecule has 1 aliphatic heterocycles. The molecule has 1 saturated heterocycles. The highest BCUT2D eigenvalue weighted by atomic mass is 16.4. The molecule has 0 aliphatic carbocycles. The van der Waals surface area contributed by atoms with Crippen molar-refractivity contribution in [3.63, 3.8) is 0 Å². The fourth-order valence-corrected chi connectivity index (χ4v) is 2.35. The normalized spacial score (nSPS) is 19.5. The number of rotatable bonds is 4. The van der Waals surface area contributed by atoms with Gasteiger partial charge in [0.2, 0.25) is 0 Å². The molecule has 1 aliphatic rings. The van der Waals surface area contributed by atoms with Crippen molar-refractivity contribution in [3.05, 3.63) is 18.1 Å². The average Bonchev–Trinajstić information content (AvgIpc) is 2.76. The van der Waals surface area contributed by atoms with Crippen molar-refractivity contribution >= 4 is 11.8 Å². The first-order valence-electron chi connectivity index (χ1n) is 6.04. The van der Waals surface area contributed by atoms with Crippen LogP contribution in [0.5, 0.6) is 0 Å². The van der Waals surface area contributed by atoms with Gasteiger partial charge in [-0.05, 0) is 26.9 Å². The summed E-state index contributed by atoms with van der Waals surface area (Å²) < 4.78 is 0. The van der Waals surface area contributed by atoms with Gasteiger partial charge in [0, 0.05) is 19.1 Å². The highest BCUT2D eigenvalue weighted by Crippen LogP contribution is 2.23. The summed E-state index contributed by atoms with van der Waals surface area (Å²) in [5, 5.41) is 8.93. The standard InChI is InChI=1S/C12H18N4O2/c1-15(2)8-9-4-3-5-16(9)11-7-13-6-10(14-11)12(17)18/h6-7,9H,3-5,8H2,1-2H3,(H,17,18). The van der Waals surface area contributed by atoms with E-state index in [1.54, 1.807) is 6.20 Å².